The van der Waals surface area contributed by atoms with Crippen LogP contribution in [0.3, 0.4) is 0 Å². The summed E-state index contributed by atoms with van der Waals surface area (Å²) in [7, 11) is 1.64. The Hall–Kier alpha value is -2.67. The molecule has 1 atom stereocenters. The van der Waals surface area contributed by atoms with Gasteiger partial charge in [0.15, 0.2) is 5.69 Å². The lowest BCUT2D eigenvalue weighted by molar-refractivity contribution is 0.0853. The Morgan fingerprint density at radius 1 is 1.28 bits per heavy atom. The highest BCUT2D eigenvalue weighted by atomic mass is 16.5. The number of carbonyl (C=O) groups excluding carboxylic acids is 1. The largest absolute Gasteiger partial charge is 0.496 e. The van der Waals surface area contributed by atoms with E-state index in [9.17, 15) is 4.79 Å². The Kier molecular flexibility index (Phi) is 5.79. The number of carbonyl (C=O) groups is 1. The average Bonchev–Trinajstić information content (AvgIpc) is 3.18. The minimum Gasteiger partial charge on any atom is -0.496 e. The summed E-state index contributed by atoms with van der Waals surface area (Å²) in [4.78, 5) is 12.1. The lowest BCUT2D eigenvalue weighted by atomic mass is 10.2. The van der Waals surface area contributed by atoms with Crippen molar-refractivity contribution in [3.05, 3.63) is 47.7 Å². The zero-order valence-electron chi connectivity index (χ0n) is 14.2. The van der Waals surface area contributed by atoms with Gasteiger partial charge in [-0.1, -0.05) is 18.2 Å². The minimum atomic E-state index is -0.237. The highest BCUT2D eigenvalue weighted by Gasteiger charge is 2.17. The summed E-state index contributed by atoms with van der Waals surface area (Å²) in [6.45, 7) is 1.84. The molecule has 0 aliphatic carbocycles. The molecule has 0 saturated carbocycles. The van der Waals surface area contributed by atoms with Gasteiger partial charge in [0.05, 0.1) is 13.2 Å². The molecule has 25 heavy (non-hydrogen) atoms. The second-order valence-electron chi connectivity index (χ2n) is 5.81. The van der Waals surface area contributed by atoms with Gasteiger partial charge >= 0.3 is 0 Å². The van der Waals surface area contributed by atoms with E-state index >= 15 is 0 Å². The predicted octanol–water partition coefficient (Wildman–Crippen LogP) is 2.01. The number of rotatable bonds is 7. The molecule has 0 radical (unpaired) electrons. The number of hydrogen-bond donors (Lipinski definition) is 2. The summed E-state index contributed by atoms with van der Waals surface area (Å²) in [6.07, 6.45) is 2.14. The molecule has 1 aromatic carbocycles. The van der Waals surface area contributed by atoms with E-state index in [0.29, 0.717) is 24.6 Å². The first-order chi connectivity index (χ1) is 12.3. The van der Waals surface area contributed by atoms with E-state index in [4.69, 9.17) is 9.47 Å². The number of aromatic nitrogens is 2. The Morgan fingerprint density at radius 3 is 2.88 bits per heavy atom. The first-order valence-corrected chi connectivity index (χ1v) is 8.35. The molecule has 2 aromatic rings. The van der Waals surface area contributed by atoms with Crippen LogP contribution in [-0.4, -0.2) is 42.5 Å². The van der Waals surface area contributed by atoms with Crippen molar-refractivity contribution in [3.8, 4) is 5.75 Å². The lowest BCUT2D eigenvalue weighted by Gasteiger charge is -2.11. The van der Waals surface area contributed by atoms with Gasteiger partial charge in [0.25, 0.3) is 5.91 Å². The van der Waals surface area contributed by atoms with E-state index in [-0.39, 0.29) is 12.0 Å². The van der Waals surface area contributed by atoms with Gasteiger partial charge in [-0.25, -0.2) is 0 Å². The van der Waals surface area contributed by atoms with Crippen LogP contribution in [0.5, 0.6) is 5.75 Å². The van der Waals surface area contributed by atoms with Crippen molar-refractivity contribution in [2.75, 3.05) is 25.6 Å². The standard InChI is InChI=1S/C18H22N4O3/c1-24-16-7-3-2-5-13(16)11-19-17-9-8-15(21-22-17)18(23)20-12-14-6-4-10-25-14/h2-3,5,7-9,14H,4,6,10-12H2,1H3,(H,19,22)(H,20,23). The molecule has 7 nitrogen and oxygen atoms in total. The van der Waals surface area contributed by atoms with Gasteiger partial charge < -0.3 is 20.1 Å². The third-order valence-electron chi connectivity index (χ3n) is 4.06. The fourth-order valence-corrected chi connectivity index (χ4v) is 2.68. The second kappa shape index (κ2) is 8.43. The van der Waals surface area contributed by atoms with Gasteiger partial charge in [-0.05, 0) is 31.0 Å². The molecule has 1 saturated heterocycles. The SMILES string of the molecule is COc1ccccc1CNc1ccc(C(=O)NCC2CCCO2)nn1. The number of para-hydroxylation sites is 1. The smallest absolute Gasteiger partial charge is 0.271 e. The summed E-state index contributed by atoms with van der Waals surface area (Å²) < 4.78 is 10.8. The predicted molar refractivity (Wildman–Crippen MR) is 93.7 cm³/mol. The molecule has 132 valence electrons. The normalized spacial score (nSPS) is 16.4. The molecule has 3 rings (SSSR count). The third kappa shape index (κ3) is 4.67. The highest BCUT2D eigenvalue weighted by Crippen LogP contribution is 2.18. The molecular weight excluding hydrogens is 320 g/mol. The monoisotopic (exact) mass is 342 g/mol. The first kappa shape index (κ1) is 17.2. The van der Waals surface area contributed by atoms with Gasteiger partial charge in [-0.15, -0.1) is 10.2 Å². The maximum Gasteiger partial charge on any atom is 0.271 e. The molecule has 2 heterocycles. The van der Waals surface area contributed by atoms with Gasteiger partial charge in [-0.2, -0.15) is 0 Å². The fraction of sp³-hybridized carbons (Fsp3) is 0.389. The average molecular weight is 342 g/mol. The van der Waals surface area contributed by atoms with Crippen molar-refractivity contribution in [2.45, 2.75) is 25.5 Å². The van der Waals surface area contributed by atoms with Crippen LogP contribution in [0.1, 0.15) is 28.9 Å². The van der Waals surface area contributed by atoms with E-state index in [0.717, 1.165) is 30.8 Å². The molecule has 7 heteroatoms. The van der Waals surface area contributed by atoms with E-state index < -0.39 is 0 Å². The maximum absolute atomic E-state index is 12.1. The zero-order chi connectivity index (χ0) is 17.5. The number of hydrogen-bond acceptors (Lipinski definition) is 6. The number of nitrogens with zero attached hydrogens (tertiary/aromatic N) is 2. The molecule has 1 aliphatic heterocycles. The first-order valence-electron chi connectivity index (χ1n) is 8.35. The van der Waals surface area contributed by atoms with Crippen molar-refractivity contribution in [2.24, 2.45) is 0 Å². The summed E-state index contributed by atoms with van der Waals surface area (Å²) in [5.41, 5.74) is 1.31. The number of ether oxygens (including phenoxy) is 2. The van der Waals surface area contributed by atoms with Crippen LogP contribution in [0.2, 0.25) is 0 Å². The Balaban J connectivity index is 1.52. The van der Waals surface area contributed by atoms with E-state index in [1.165, 1.54) is 0 Å². The molecule has 0 spiro atoms. The zero-order valence-corrected chi connectivity index (χ0v) is 14.2. The van der Waals surface area contributed by atoms with Crippen molar-refractivity contribution < 1.29 is 14.3 Å². The Bertz CT molecular complexity index is 700. The van der Waals surface area contributed by atoms with Gasteiger partial charge in [0, 0.05) is 25.3 Å². The Morgan fingerprint density at radius 2 is 2.16 bits per heavy atom. The molecule has 1 unspecified atom stereocenters. The van der Waals surface area contributed by atoms with E-state index in [1.54, 1.807) is 19.2 Å². The van der Waals surface area contributed by atoms with Crippen molar-refractivity contribution in [1.82, 2.24) is 15.5 Å². The fourth-order valence-electron chi connectivity index (χ4n) is 2.68. The number of methoxy groups -OCH3 is 1. The van der Waals surface area contributed by atoms with Crippen LogP contribution in [0.4, 0.5) is 5.82 Å². The molecule has 1 aliphatic rings. The summed E-state index contributed by atoms with van der Waals surface area (Å²) in [5, 5.41) is 14.0. The molecule has 1 fully saturated rings. The minimum absolute atomic E-state index is 0.110. The van der Waals surface area contributed by atoms with Crippen molar-refractivity contribution >= 4 is 11.7 Å². The van der Waals surface area contributed by atoms with Gasteiger partial charge in [0.1, 0.15) is 11.6 Å². The lowest BCUT2D eigenvalue weighted by Crippen LogP contribution is -2.32. The highest BCUT2D eigenvalue weighted by molar-refractivity contribution is 5.92. The van der Waals surface area contributed by atoms with Crippen molar-refractivity contribution in [3.63, 3.8) is 0 Å². The van der Waals surface area contributed by atoms with Crippen LogP contribution >= 0.6 is 0 Å². The summed E-state index contributed by atoms with van der Waals surface area (Å²) in [5.74, 6) is 1.17. The quantitative estimate of drug-likeness (QED) is 0.801. The maximum atomic E-state index is 12.1. The molecule has 1 amide bonds. The molecule has 2 N–H and O–H groups in total. The van der Waals surface area contributed by atoms with Crippen LogP contribution in [0.15, 0.2) is 36.4 Å². The molecular formula is C18H22N4O3. The van der Waals surface area contributed by atoms with Gasteiger partial charge in [-0.3, -0.25) is 4.79 Å². The van der Waals surface area contributed by atoms with Crippen LogP contribution < -0.4 is 15.4 Å². The number of anilines is 1. The Labute approximate surface area is 146 Å². The molecule has 0 bridgehead atoms. The molecule has 1 aromatic heterocycles. The topological polar surface area (TPSA) is 85.4 Å². The van der Waals surface area contributed by atoms with E-state index in [1.807, 2.05) is 24.3 Å². The van der Waals surface area contributed by atoms with Crippen molar-refractivity contribution in [1.29, 1.82) is 0 Å². The summed E-state index contributed by atoms with van der Waals surface area (Å²) >= 11 is 0. The van der Waals surface area contributed by atoms with Crippen LogP contribution in [0, 0.1) is 0 Å². The number of benzene rings is 1. The number of amides is 1. The number of nitrogens with one attached hydrogen (secondary N) is 2. The third-order valence-corrected chi connectivity index (χ3v) is 4.06. The van der Waals surface area contributed by atoms with Crippen LogP contribution in [0.25, 0.3) is 0 Å². The van der Waals surface area contributed by atoms with Crippen LogP contribution in [-0.2, 0) is 11.3 Å². The second-order valence-corrected chi connectivity index (χ2v) is 5.81. The van der Waals surface area contributed by atoms with Gasteiger partial charge in [0.2, 0.25) is 0 Å². The summed E-state index contributed by atoms with van der Waals surface area (Å²) in [6, 6.07) is 11.2. The van der Waals surface area contributed by atoms with E-state index in [2.05, 4.69) is 20.8 Å².